The third kappa shape index (κ3) is 3.46. The number of carboxylic acid groups (broad SMARTS) is 1. The molecule has 1 heterocycles. The van der Waals surface area contributed by atoms with Crippen molar-refractivity contribution in [1.29, 1.82) is 0 Å². The first kappa shape index (κ1) is 14.7. The standard InChI is InChI=1S/C13H10ClN3O4/c1-21-10-6-7(2-3-8(10)13(19)20)15-12(18)9-4-5-11(14)17-16-9/h2-6H,1H3,(H,15,18)(H,19,20). The molecule has 7 nitrogen and oxygen atoms in total. The molecule has 2 N–H and O–H groups in total. The maximum absolute atomic E-state index is 11.9. The van der Waals surface area contributed by atoms with Gasteiger partial charge in [0, 0.05) is 11.8 Å². The van der Waals surface area contributed by atoms with Crippen LogP contribution in [0.15, 0.2) is 30.3 Å². The van der Waals surface area contributed by atoms with Gasteiger partial charge in [-0.15, -0.1) is 10.2 Å². The van der Waals surface area contributed by atoms with E-state index in [0.29, 0.717) is 5.69 Å². The van der Waals surface area contributed by atoms with Crippen LogP contribution in [0.1, 0.15) is 20.8 Å². The summed E-state index contributed by atoms with van der Waals surface area (Å²) in [6.45, 7) is 0. The molecule has 0 aliphatic heterocycles. The summed E-state index contributed by atoms with van der Waals surface area (Å²) >= 11 is 5.59. The number of methoxy groups -OCH3 is 1. The summed E-state index contributed by atoms with van der Waals surface area (Å²) in [5.41, 5.74) is 0.459. The van der Waals surface area contributed by atoms with E-state index in [-0.39, 0.29) is 22.2 Å². The minimum absolute atomic E-state index is 0.00165. The Labute approximate surface area is 124 Å². The Morgan fingerprint density at radius 2 is 2.00 bits per heavy atom. The fraction of sp³-hybridized carbons (Fsp3) is 0.0769. The van der Waals surface area contributed by atoms with Gasteiger partial charge in [0.25, 0.3) is 5.91 Å². The molecule has 0 spiro atoms. The lowest BCUT2D eigenvalue weighted by Gasteiger charge is -2.09. The number of ether oxygens (including phenoxy) is 1. The number of benzene rings is 1. The van der Waals surface area contributed by atoms with Crippen LogP contribution >= 0.6 is 11.6 Å². The number of rotatable bonds is 4. The molecule has 0 aliphatic rings. The molecule has 0 aliphatic carbocycles. The molecule has 1 aromatic heterocycles. The van der Waals surface area contributed by atoms with Gasteiger partial charge < -0.3 is 15.2 Å². The summed E-state index contributed by atoms with van der Waals surface area (Å²) in [5, 5.41) is 18.9. The zero-order valence-electron chi connectivity index (χ0n) is 10.8. The van der Waals surface area contributed by atoms with Gasteiger partial charge in [-0.2, -0.15) is 0 Å². The molecule has 0 fully saturated rings. The average molecular weight is 308 g/mol. The monoisotopic (exact) mass is 307 g/mol. The summed E-state index contributed by atoms with van der Waals surface area (Å²) in [5.74, 6) is -1.47. The minimum atomic E-state index is -1.12. The molecule has 2 rings (SSSR count). The topological polar surface area (TPSA) is 101 Å². The van der Waals surface area contributed by atoms with Crippen molar-refractivity contribution in [2.45, 2.75) is 0 Å². The van der Waals surface area contributed by atoms with Gasteiger partial charge in [-0.3, -0.25) is 4.79 Å². The van der Waals surface area contributed by atoms with Gasteiger partial charge >= 0.3 is 5.97 Å². The first-order valence-electron chi connectivity index (χ1n) is 5.73. The van der Waals surface area contributed by atoms with Crippen molar-refractivity contribution in [3.63, 3.8) is 0 Å². The predicted molar refractivity (Wildman–Crippen MR) is 74.9 cm³/mol. The molecule has 0 radical (unpaired) electrons. The highest BCUT2D eigenvalue weighted by molar-refractivity contribution is 6.29. The summed E-state index contributed by atoms with van der Waals surface area (Å²) in [6.07, 6.45) is 0. The summed E-state index contributed by atoms with van der Waals surface area (Å²) in [7, 11) is 1.35. The Morgan fingerprint density at radius 1 is 1.24 bits per heavy atom. The number of hydrogen-bond acceptors (Lipinski definition) is 5. The van der Waals surface area contributed by atoms with Crippen molar-refractivity contribution < 1.29 is 19.4 Å². The second-order valence-electron chi connectivity index (χ2n) is 3.92. The van der Waals surface area contributed by atoms with Crippen LogP contribution in [0.4, 0.5) is 5.69 Å². The molecule has 0 bridgehead atoms. The molecule has 108 valence electrons. The maximum Gasteiger partial charge on any atom is 0.339 e. The van der Waals surface area contributed by atoms with E-state index in [2.05, 4.69) is 15.5 Å². The van der Waals surface area contributed by atoms with Gasteiger partial charge in [0.1, 0.15) is 11.3 Å². The Morgan fingerprint density at radius 3 is 2.57 bits per heavy atom. The molecule has 0 atom stereocenters. The van der Waals surface area contributed by atoms with E-state index >= 15 is 0 Å². The molecule has 2 aromatic rings. The number of aromatic nitrogens is 2. The number of carbonyl (C=O) groups is 2. The number of carbonyl (C=O) groups excluding carboxylic acids is 1. The number of amides is 1. The van der Waals surface area contributed by atoms with E-state index < -0.39 is 11.9 Å². The predicted octanol–water partition coefficient (Wildman–Crippen LogP) is 2.09. The van der Waals surface area contributed by atoms with Gasteiger partial charge in [0.2, 0.25) is 0 Å². The second kappa shape index (κ2) is 6.19. The van der Waals surface area contributed by atoms with Crippen LogP contribution < -0.4 is 10.1 Å². The molecular formula is C13H10ClN3O4. The van der Waals surface area contributed by atoms with Gasteiger partial charge in [-0.05, 0) is 24.3 Å². The highest BCUT2D eigenvalue weighted by atomic mass is 35.5. The van der Waals surface area contributed by atoms with E-state index in [1.807, 2.05) is 0 Å². The van der Waals surface area contributed by atoms with Crippen LogP contribution in [0.5, 0.6) is 5.75 Å². The quantitative estimate of drug-likeness (QED) is 0.896. The van der Waals surface area contributed by atoms with Crippen LogP contribution in [0.3, 0.4) is 0 Å². The smallest absolute Gasteiger partial charge is 0.339 e. The van der Waals surface area contributed by atoms with Gasteiger partial charge in [-0.25, -0.2) is 4.79 Å². The first-order valence-corrected chi connectivity index (χ1v) is 6.11. The van der Waals surface area contributed by atoms with E-state index in [0.717, 1.165) is 0 Å². The maximum atomic E-state index is 11.9. The average Bonchev–Trinajstić information content (AvgIpc) is 2.47. The molecule has 1 aromatic carbocycles. The normalized spacial score (nSPS) is 10.0. The van der Waals surface area contributed by atoms with Crippen molar-refractivity contribution >= 4 is 29.2 Å². The Kier molecular flexibility index (Phi) is 4.34. The highest BCUT2D eigenvalue weighted by Crippen LogP contribution is 2.23. The number of carboxylic acids is 1. The largest absolute Gasteiger partial charge is 0.496 e. The lowest BCUT2D eigenvalue weighted by molar-refractivity contribution is 0.0693. The summed E-state index contributed by atoms with van der Waals surface area (Å²) in [6, 6.07) is 7.06. The molecule has 1 amide bonds. The zero-order valence-corrected chi connectivity index (χ0v) is 11.6. The van der Waals surface area contributed by atoms with Crippen molar-refractivity contribution in [3.05, 3.63) is 46.7 Å². The SMILES string of the molecule is COc1cc(NC(=O)c2ccc(Cl)nn2)ccc1C(=O)O. The van der Waals surface area contributed by atoms with Crippen molar-refractivity contribution in [1.82, 2.24) is 10.2 Å². The molecule has 0 unspecified atom stereocenters. The zero-order chi connectivity index (χ0) is 15.4. The molecule has 0 saturated heterocycles. The Bertz CT molecular complexity index is 688. The highest BCUT2D eigenvalue weighted by Gasteiger charge is 2.13. The fourth-order valence-corrected chi connectivity index (χ4v) is 1.68. The summed E-state index contributed by atoms with van der Waals surface area (Å²) in [4.78, 5) is 22.9. The van der Waals surface area contributed by atoms with Gasteiger partial charge in [0.05, 0.1) is 7.11 Å². The van der Waals surface area contributed by atoms with Crippen molar-refractivity contribution in [2.75, 3.05) is 12.4 Å². The number of nitrogens with one attached hydrogen (secondary N) is 1. The van der Waals surface area contributed by atoms with Crippen LogP contribution in [-0.4, -0.2) is 34.3 Å². The molecule has 21 heavy (non-hydrogen) atoms. The van der Waals surface area contributed by atoms with E-state index in [4.69, 9.17) is 21.4 Å². The van der Waals surface area contributed by atoms with E-state index in [1.165, 1.54) is 37.4 Å². The van der Waals surface area contributed by atoms with Crippen LogP contribution in [-0.2, 0) is 0 Å². The number of aromatic carboxylic acids is 1. The number of nitrogens with zero attached hydrogens (tertiary/aromatic N) is 2. The Hall–Kier alpha value is -2.67. The second-order valence-corrected chi connectivity index (χ2v) is 4.30. The van der Waals surface area contributed by atoms with Gasteiger partial charge in [0.15, 0.2) is 10.8 Å². The van der Waals surface area contributed by atoms with Crippen LogP contribution in [0, 0.1) is 0 Å². The van der Waals surface area contributed by atoms with E-state index in [1.54, 1.807) is 0 Å². The number of anilines is 1. The molecular weight excluding hydrogens is 298 g/mol. The summed E-state index contributed by atoms with van der Waals surface area (Å²) < 4.78 is 4.97. The lowest BCUT2D eigenvalue weighted by Crippen LogP contribution is -2.14. The minimum Gasteiger partial charge on any atom is -0.496 e. The number of halogens is 1. The van der Waals surface area contributed by atoms with Crippen molar-refractivity contribution in [3.8, 4) is 5.75 Å². The molecule has 0 saturated carbocycles. The van der Waals surface area contributed by atoms with Crippen LogP contribution in [0.2, 0.25) is 5.15 Å². The fourth-order valence-electron chi connectivity index (χ4n) is 1.58. The first-order chi connectivity index (χ1) is 10.0. The third-order valence-electron chi connectivity index (χ3n) is 2.55. The van der Waals surface area contributed by atoms with Gasteiger partial charge in [-0.1, -0.05) is 11.6 Å². The van der Waals surface area contributed by atoms with Crippen LogP contribution in [0.25, 0.3) is 0 Å². The van der Waals surface area contributed by atoms with Crippen molar-refractivity contribution in [2.24, 2.45) is 0 Å². The lowest BCUT2D eigenvalue weighted by atomic mass is 10.2. The Balaban J connectivity index is 2.21. The van der Waals surface area contributed by atoms with E-state index in [9.17, 15) is 9.59 Å². The number of hydrogen-bond donors (Lipinski definition) is 2. The third-order valence-corrected chi connectivity index (χ3v) is 2.76. The molecule has 8 heteroatoms.